The van der Waals surface area contributed by atoms with Crippen molar-refractivity contribution in [1.82, 2.24) is 5.43 Å². The molecule has 0 aromatic heterocycles. The third-order valence-electron chi connectivity index (χ3n) is 3.08. The first-order valence-electron chi connectivity index (χ1n) is 7.18. The number of hydrogen-bond donors (Lipinski definition) is 2. The molecule has 0 aliphatic rings. The van der Waals surface area contributed by atoms with Crippen molar-refractivity contribution in [3.8, 4) is 0 Å². The van der Waals surface area contributed by atoms with Gasteiger partial charge in [0, 0.05) is 28.3 Å². The van der Waals surface area contributed by atoms with Crippen molar-refractivity contribution < 1.29 is 9.59 Å². The molecule has 0 heterocycles. The molecule has 0 fully saturated rings. The monoisotopic (exact) mass is 363 g/mol. The summed E-state index contributed by atoms with van der Waals surface area (Å²) in [5.41, 5.74) is 4.10. The maximum atomic E-state index is 12.0. The van der Waals surface area contributed by atoms with Crippen LogP contribution in [-0.4, -0.2) is 18.0 Å². The summed E-state index contributed by atoms with van der Waals surface area (Å²) < 4.78 is 0. The predicted molar refractivity (Wildman–Crippen MR) is 96.9 cm³/mol. The molecular weight excluding hydrogens is 349 g/mol. The van der Waals surface area contributed by atoms with Gasteiger partial charge in [0.05, 0.1) is 11.2 Å². The number of rotatable bonds is 5. The topological polar surface area (TPSA) is 70.6 Å². The number of halogens is 2. The first kappa shape index (κ1) is 18.0. The van der Waals surface area contributed by atoms with Crippen molar-refractivity contribution in [1.29, 1.82) is 0 Å². The zero-order valence-electron chi connectivity index (χ0n) is 12.8. The molecule has 24 heavy (non-hydrogen) atoms. The van der Waals surface area contributed by atoms with Gasteiger partial charge in [-0.05, 0) is 36.4 Å². The molecule has 7 heteroatoms. The number of nitrogens with one attached hydrogen (secondary N) is 2. The fourth-order valence-corrected chi connectivity index (χ4v) is 2.24. The lowest BCUT2D eigenvalue weighted by molar-refractivity contribution is -0.115. The zero-order valence-corrected chi connectivity index (χ0v) is 14.4. The largest absolute Gasteiger partial charge is 0.326 e. The van der Waals surface area contributed by atoms with Gasteiger partial charge in [0.25, 0.3) is 5.91 Å². The maximum Gasteiger partial charge on any atom is 0.271 e. The van der Waals surface area contributed by atoms with Crippen LogP contribution in [-0.2, 0) is 4.79 Å². The quantitative estimate of drug-likeness (QED) is 0.619. The molecule has 0 atom stereocenters. The highest BCUT2D eigenvalue weighted by Crippen LogP contribution is 2.19. The van der Waals surface area contributed by atoms with E-state index in [1.807, 2.05) is 0 Å². The Kier molecular flexibility index (Phi) is 6.35. The fraction of sp³-hybridized carbons (Fsp3) is 0.118. The first-order chi connectivity index (χ1) is 11.5. The van der Waals surface area contributed by atoms with Crippen LogP contribution in [0.25, 0.3) is 0 Å². The van der Waals surface area contributed by atoms with E-state index in [4.69, 9.17) is 23.2 Å². The summed E-state index contributed by atoms with van der Waals surface area (Å²) in [6, 6.07) is 11.5. The summed E-state index contributed by atoms with van der Waals surface area (Å²) in [6.45, 7) is 1.77. The number of carbonyl (C=O) groups excluding carboxylic acids is 2. The Morgan fingerprint density at radius 1 is 1.12 bits per heavy atom. The van der Waals surface area contributed by atoms with Crippen LogP contribution >= 0.6 is 23.2 Å². The van der Waals surface area contributed by atoms with Crippen LogP contribution in [0.2, 0.25) is 10.0 Å². The summed E-state index contributed by atoms with van der Waals surface area (Å²) in [5, 5.41) is 7.54. The Morgan fingerprint density at radius 3 is 2.46 bits per heavy atom. The molecule has 0 aliphatic carbocycles. The van der Waals surface area contributed by atoms with E-state index < -0.39 is 0 Å². The summed E-state index contributed by atoms with van der Waals surface area (Å²) in [7, 11) is 0. The highest BCUT2D eigenvalue weighted by Gasteiger charge is 2.05. The Labute approximate surface area is 149 Å². The fourth-order valence-electron chi connectivity index (χ4n) is 1.79. The molecule has 0 saturated heterocycles. The van der Waals surface area contributed by atoms with Crippen molar-refractivity contribution in [2.24, 2.45) is 5.10 Å². The average molecular weight is 364 g/mol. The zero-order chi connectivity index (χ0) is 17.5. The summed E-state index contributed by atoms with van der Waals surface area (Å²) in [6.07, 6.45) is 1.83. The van der Waals surface area contributed by atoms with Crippen LogP contribution in [0.3, 0.4) is 0 Å². The average Bonchev–Trinajstić information content (AvgIpc) is 2.57. The van der Waals surface area contributed by atoms with Crippen LogP contribution in [0.1, 0.15) is 29.3 Å². The lowest BCUT2D eigenvalue weighted by Crippen LogP contribution is -2.17. The molecule has 0 radical (unpaired) electrons. The van der Waals surface area contributed by atoms with Crippen molar-refractivity contribution in [2.75, 3.05) is 5.32 Å². The number of anilines is 1. The van der Waals surface area contributed by atoms with Crippen LogP contribution in [0.15, 0.2) is 47.6 Å². The van der Waals surface area contributed by atoms with E-state index in [2.05, 4.69) is 15.8 Å². The molecule has 0 saturated carbocycles. The summed E-state index contributed by atoms with van der Waals surface area (Å²) in [5.74, 6) is -0.457. The Bertz CT molecular complexity index is 774. The minimum Gasteiger partial charge on any atom is -0.326 e. The van der Waals surface area contributed by atoms with E-state index in [-0.39, 0.29) is 11.8 Å². The van der Waals surface area contributed by atoms with E-state index in [9.17, 15) is 9.59 Å². The number of amides is 2. The lowest BCUT2D eigenvalue weighted by atomic mass is 10.2. The molecule has 2 N–H and O–H groups in total. The number of hydrogen-bond acceptors (Lipinski definition) is 3. The molecule has 0 unspecified atom stereocenters. The molecule has 2 rings (SSSR count). The van der Waals surface area contributed by atoms with E-state index in [1.165, 1.54) is 6.21 Å². The molecule has 124 valence electrons. The molecule has 5 nitrogen and oxygen atoms in total. The lowest BCUT2D eigenvalue weighted by Gasteiger charge is -2.05. The molecule has 0 spiro atoms. The van der Waals surface area contributed by atoms with Crippen LogP contribution in [0.5, 0.6) is 0 Å². The SMILES string of the molecule is CCC(=O)Nc1ccc(C(=O)N/N=C/c2ccc(Cl)cc2Cl)cc1. The van der Waals surface area contributed by atoms with Crippen LogP contribution < -0.4 is 10.7 Å². The second kappa shape index (κ2) is 8.47. The molecule has 2 amide bonds. The van der Waals surface area contributed by atoms with E-state index in [0.717, 1.165) is 0 Å². The van der Waals surface area contributed by atoms with Crippen LogP contribution in [0.4, 0.5) is 5.69 Å². The maximum absolute atomic E-state index is 12.0. The van der Waals surface area contributed by atoms with E-state index >= 15 is 0 Å². The minimum atomic E-state index is -0.371. The first-order valence-corrected chi connectivity index (χ1v) is 7.93. The van der Waals surface area contributed by atoms with Crippen LogP contribution in [0, 0.1) is 0 Å². The molecular formula is C17H15Cl2N3O2. The minimum absolute atomic E-state index is 0.0864. The van der Waals surface area contributed by atoms with Gasteiger partial charge < -0.3 is 5.32 Å². The highest BCUT2D eigenvalue weighted by molar-refractivity contribution is 6.36. The normalized spacial score (nSPS) is 10.6. The Morgan fingerprint density at radius 2 is 1.83 bits per heavy atom. The number of benzene rings is 2. The van der Waals surface area contributed by atoms with Crippen molar-refractivity contribution in [3.63, 3.8) is 0 Å². The van der Waals surface area contributed by atoms with E-state index in [1.54, 1.807) is 49.4 Å². The third kappa shape index (κ3) is 5.08. The highest BCUT2D eigenvalue weighted by atomic mass is 35.5. The number of hydrazone groups is 1. The van der Waals surface area contributed by atoms with Gasteiger partial charge in [0.15, 0.2) is 0 Å². The van der Waals surface area contributed by atoms with Gasteiger partial charge in [-0.3, -0.25) is 9.59 Å². The second-order valence-corrected chi connectivity index (χ2v) is 5.69. The summed E-state index contributed by atoms with van der Waals surface area (Å²) >= 11 is 11.8. The third-order valence-corrected chi connectivity index (χ3v) is 3.65. The Hall–Kier alpha value is -2.37. The van der Waals surface area contributed by atoms with Gasteiger partial charge in [0.1, 0.15) is 0 Å². The molecule has 2 aromatic carbocycles. The van der Waals surface area contributed by atoms with Gasteiger partial charge in [-0.2, -0.15) is 5.10 Å². The smallest absolute Gasteiger partial charge is 0.271 e. The summed E-state index contributed by atoms with van der Waals surface area (Å²) in [4.78, 5) is 23.3. The van der Waals surface area contributed by atoms with Gasteiger partial charge in [0.2, 0.25) is 5.91 Å². The van der Waals surface area contributed by atoms with Gasteiger partial charge in [-0.1, -0.05) is 36.2 Å². The molecule has 0 bridgehead atoms. The number of carbonyl (C=O) groups is 2. The van der Waals surface area contributed by atoms with Gasteiger partial charge in [-0.25, -0.2) is 5.43 Å². The van der Waals surface area contributed by atoms with E-state index in [0.29, 0.717) is 33.3 Å². The van der Waals surface area contributed by atoms with Gasteiger partial charge in [-0.15, -0.1) is 0 Å². The van der Waals surface area contributed by atoms with Crippen molar-refractivity contribution in [2.45, 2.75) is 13.3 Å². The number of nitrogens with zero attached hydrogens (tertiary/aromatic N) is 1. The second-order valence-electron chi connectivity index (χ2n) is 4.84. The predicted octanol–water partition coefficient (Wildman–Crippen LogP) is 4.11. The van der Waals surface area contributed by atoms with Crippen molar-refractivity contribution >= 4 is 46.9 Å². The van der Waals surface area contributed by atoms with Gasteiger partial charge >= 0.3 is 0 Å². The molecule has 2 aromatic rings. The Balaban J connectivity index is 1.97. The molecule has 0 aliphatic heterocycles. The standard InChI is InChI=1S/C17H15Cl2N3O2/c1-2-16(23)21-14-7-4-11(5-8-14)17(24)22-20-10-12-3-6-13(18)9-15(12)19/h3-10H,2H2,1H3,(H,21,23)(H,22,24)/b20-10+. The van der Waals surface area contributed by atoms with Crippen molar-refractivity contribution in [3.05, 3.63) is 63.6 Å².